The molecule has 17 heavy (non-hydrogen) atoms. The molecule has 0 radical (unpaired) electrons. The predicted molar refractivity (Wildman–Crippen MR) is 61.8 cm³/mol. The van der Waals surface area contributed by atoms with Crippen molar-refractivity contribution in [1.29, 1.82) is 0 Å². The zero-order valence-corrected chi connectivity index (χ0v) is 10.2. The Balaban J connectivity index is 2.66. The van der Waals surface area contributed by atoms with Crippen molar-refractivity contribution in [2.24, 2.45) is 5.73 Å². The smallest absolute Gasteiger partial charge is 0.249 e. The molecule has 2 atom stereocenters. The quantitative estimate of drug-likeness (QED) is 0.641. The van der Waals surface area contributed by atoms with Gasteiger partial charge in [-0.05, 0) is 13.3 Å². The van der Waals surface area contributed by atoms with Gasteiger partial charge in [-0.2, -0.15) is 0 Å². The maximum absolute atomic E-state index is 12.0. The van der Waals surface area contributed by atoms with Crippen molar-refractivity contribution in [3.8, 4) is 0 Å². The van der Waals surface area contributed by atoms with E-state index in [4.69, 9.17) is 5.73 Å². The summed E-state index contributed by atoms with van der Waals surface area (Å²) in [5.41, 5.74) is 5.75. The van der Waals surface area contributed by atoms with Gasteiger partial charge in [0, 0.05) is 0 Å². The van der Waals surface area contributed by atoms with Gasteiger partial charge in [0.15, 0.2) is 0 Å². The first-order chi connectivity index (χ1) is 7.97. The molecule has 0 saturated carbocycles. The number of hydrogen-bond donors (Lipinski definition) is 2. The molecular formula is C11H19N3O3. The van der Waals surface area contributed by atoms with Crippen molar-refractivity contribution >= 4 is 17.7 Å². The molecule has 0 aromatic carbocycles. The number of amides is 3. The lowest BCUT2D eigenvalue weighted by Gasteiger charge is -2.33. The number of nitrogens with two attached hydrogens (primary N) is 1. The van der Waals surface area contributed by atoms with E-state index in [9.17, 15) is 14.4 Å². The maximum Gasteiger partial charge on any atom is 0.249 e. The molecule has 0 spiro atoms. The molecule has 1 saturated heterocycles. The average Bonchev–Trinajstić information content (AvgIpc) is 2.29. The highest BCUT2D eigenvalue weighted by molar-refractivity contribution is 6.04. The van der Waals surface area contributed by atoms with Crippen LogP contribution < -0.4 is 11.1 Å². The number of piperazine rings is 1. The van der Waals surface area contributed by atoms with Gasteiger partial charge in [-0.25, -0.2) is 0 Å². The van der Waals surface area contributed by atoms with E-state index in [0.717, 1.165) is 12.8 Å². The second kappa shape index (κ2) is 5.77. The minimum absolute atomic E-state index is 0.0917. The highest BCUT2D eigenvalue weighted by atomic mass is 16.2. The Morgan fingerprint density at radius 1 is 1.59 bits per heavy atom. The van der Waals surface area contributed by atoms with Crippen molar-refractivity contribution in [1.82, 2.24) is 10.2 Å². The molecule has 1 unspecified atom stereocenters. The molecule has 1 aliphatic heterocycles. The first-order valence-corrected chi connectivity index (χ1v) is 5.87. The van der Waals surface area contributed by atoms with E-state index < -0.39 is 23.9 Å². The summed E-state index contributed by atoms with van der Waals surface area (Å²) in [7, 11) is 0. The third kappa shape index (κ3) is 3.26. The molecule has 1 fully saturated rings. The Kier molecular flexibility index (Phi) is 4.62. The van der Waals surface area contributed by atoms with Crippen LogP contribution in [0.15, 0.2) is 0 Å². The van der Waals surface area contributed by atoms with Gasteiger partial charge in [0.1, 0.15) is 12.6 Å². The fraction of sp³-hybridized carbons (Fsp3) is 0.727. The largest absolute Gasteiger partial charge is 0.320 e. The zero-order chi connectivity index (χ0) is 13.0. The summed E-state index contributed by atoms with van der Waals surface area (Å²) in [4.78, 5) is 35.8. The number of unbranched alkanes of at least 4 members (excludes halogenated alkanes) is 1. The number of nitrogens with zero attached hydrogens (tertiary/aromatic N) is 1. The van der Waals surface area contributed by atoms with Crippen molar-refractivity contribution in [3.05, 3.63) is 0 Å². The normalized spacial score (nSPS) is 22.3. The summed E-state index contributed by atoms with van der Waals surface area (Å²) in [6, 6.07) is -1.26. The first-order valence-electron chi connectivity index (χ1n) is 5.87. The number of imide groups is 1. The first kappa shape index (κ1) is 13.6. The summed E-state index contributed by atoms with van der Waals surface area (Å²) in [5.74, 6) is -1.23. The highest BCUT2D eigenvalue weighted by Crippen LogP contribution is 2.09. The lowest BCUT2D eigenvalue weighted by molar-refractivity contribution is -0.150. The molecule has 6 nitrogen and oxygen atoms in total. The number of carbonyl (C=O) groups excluding carboxylic acids is 3. The third-order valence-corrected chi connectivity index (χ3v) is 2.89. The summed E-state index contributed by atoms with van der Waals surface area (Å²) in [6.07, 6.45) is 2.39. The average molecular weight is 241 g/mol. The lowest BCUT2D eigenvalue weighted by atomic mass is 10.1. The van der Waals surface area contributed by atoms with E-state index in [0.29, 0.717) is 6.42 Å². The van der Waals surface area contributed by atoms with E-state index in [1.54, 1.807) is 6.92 Å². The summed E-state index contributed by atoms with van der Waals surface area (Å²) in [6.45, 7) is 3.51. The van der Waals surface area contributed by atoms with Crippen LogP contribution in [0, 0.1) is 0 Å². The second-order valence-corrected chi connectivity index (χ2v) is 4.30. The van der Waals surface area contributed by atoms with Gasteiger partial charge < -0.3 is 10.6 Å². The van der Waals surface area contributed by atoms with Crippen LogP contribution in [0.3, 0.4) is 0 Å². The van der Waals surface area contributed by atoms with Gasteiger partial charge in [0.2, 0.25) is 17.7 Å². The highest BCUT2D eigenvalue weighted by Gasteiger charge is 2.35. The topological polar surface area (TPSA) is 92.5 Å². The summed E-state index contributed by atoms with van der Waals surface area (Å²) < 4.78 is 0. The Labute approximate surface area is 101 Å². The van der Waals surface area contributed by atoms with E-state index in [1.165, 1.54) is 4.90 Å². The van der Waals surface area contributed by atoms with E-state index in [-0.39, 0.29) is 12.5 Å². The van der Waals surface area contributed by atoms with Crippen molar-refractivity contribution in [2.45, 2.75) is 45.2 Å². The van der Waals surface area contributed by atoms with Gasteiger partial charge in [-0.1, -0.05) is 19.8 Å². The number of rotatable bonds is 4. The molecule has 1 rings (SSSR count). The number of hydrogen-bond acceptors (Lipinski definition) is 4. The van der Waals surface area contributed by atoms with Crippen LogP contribution in [0.5, 0.6) is 0 Å². The van der Waals surface area contributed by atoms with Crippen LogP contribution in [0.25, 0.3) is 0 Å². The number of nitrogens with one attached hydrogen (secondary N) is 1. The van der Waals surface area contributed by atoms with Crippen LogP contribution >= 0.6 is 0 Å². The monoisotopic (exact) mass is 241 g/mol. The van der Waals surface area contributed by atoms with E-state index in [1.807, 2.05) is 6.92 Å². The Bertz CT molecular complexity index is 330. The molecule has 0 aromatic rings. The lowest BCUT2D eigenvalue weighted by Crippen LogP contribution is -2.61. The molecule has 3 N–H and O–H groups in total. The summed E-state index contributed by atoms with van der Waals surface area (Å²) in [5, 5.41) is 2.18. The van der Waals surface area contributed by atoms with Gasteiger partial charge in [-0.15, -0.1) is 0 Å². The molecule has 3 amide bonds. The van der Waals surface area contributed by atoms with Crippen LogP contribution in [0.2, 0.25) is 0 Å². The van der Waals surface area contributed by atoms with Gasteiger partial charge in [0.05, 0.1) is 6.04 Å². The Morgan fingerprint density at radius 3 is 2.82 bits per heavy atom. The molecule has 1 heterocycles. The maximum atomic E-state index is 12.0. The van der Waals surface area contributed by atoms with Crippen molar-refractivity contribution in [3.63, 3.8) is 0 Å². The van der Waals surface area contributed by atoms with E-state index in [2.05, 4.69) is 5.32 Å². The minimum Gasteiger partial charge on any atom is -0.320 e. The van der Waals surface area contributed by atoms with Gasteiger partial charge >= 0.3 is 0 Å². The molecule has 0 aromatic heterocycles. The van der Waals surface area contributed by atoms with Crippen molar-refractivity contribution in [2.75, 3.05) is 6.54 Å². The Morgan fingerprint density at radius 2 is 2.24 bits per heavy atom. The molecule has 96 valence electrons. The standard InChI is InChI=1S/C11H19N3O3/c1-3-4-5-8(12)11(17)14-6-9(15)13-10(16)7(14)2/h7-8H,3-6,12H2,1-2H3,(H,13,15,16)/t7?,8-/m0/s1. The van der Waals surface area contributed by atoms with Crippen LogP contribution in [-0.4, -0.2) is 41.2 Å². The molecule has 0 bridgehead atoms. The van der Waals surface area contributed by atoms with Crippen molar-refractivity contribution < 1.29 is 14.4 Å². The van der Waals surface area contributed by atoms with Crippen LogP contribution in [0.4, 0.5) is 0 Å². The van der Waals surface area contributed by atoms with Crippen LogP contribution in [-0.2, 0) is 14.4 Å². The predicted octanol–water partition coefficient (Wildman–Crippen LogP) is -0.623. The number of carbonyl (C=O) groups is 3. The van der Waals surface area contributed by atoms with Gasteiger partial charge in [0.25, 0.3) is 0 Å². The van der Waals surface area contributed by atoms with Gasteiger partial charge in [-0.3, -0.25) is 19.7 Å². The third-order valence-electron chi connectivity index (χ3n) is 2.89. The van der Waals surface area contributed by atoms with E-state index >= 15 is 0 Å². The fourth-order valence-electron chi connectivity index (χ4n) is 1.74. The van der Waals surface area contributed by atoms with Crippen LogP contribution in [0.1, 0.15) is 33.1 Å². The second-order valence-electron chi connectivity index (χ2n) is 4.30. The zero-order valence-electron chi connectivity index (χ0n) is 10.2. The SMILES string of the molecule is CCCC[C@H](N)C(=O)N1CC(=O)NC(=O)C1C. The Hall–Kier alpha value is -1.43. The molecule has 0 aliphatic carbocycles. The molecule has 1 aliphatic rings. The summed E-state index contributed by atoms with van der Waals surface area (Å²) >= 11 is 0. The minimum atomic E-state index is -0.632. The molecule has 6 heteroatoms. The fourth-order valence-corrected chi connectivity index (χ4v) is 1.74. The molecular weight excluding hydrogens is 222 g/mol.